The van der Waals surface area contributed by atoms with Gasteiger partial charge in [-0.1, -0.05) is 29.8 Å². The number of hydrogen-bond donors (Lipinski definition) is 1. The first-order valence-electron chi connectivity index (χ1n) is 10.6. The van der Waals surface area contributed by atoms with Gasteiger partial charge in [0, 0.05) is 23.3 Å². The van der Waals surface area contributed by atoms with E-state index in [1.165, 1.54) is 5.56 Å². The van der Waals surface area contributed by atoms with E-state index in [9.17, 15) is 4.79 Å². The highest BCUT2D eigenvalue weighted by Crippen LogP contribution is 2.38. The van der Waals surface area contributed by atoms with Crippen molar-refractivity contribution in [1.82, 2.24) is 25.2 Å². The molecule has 2 aromatic heterocycles. The van der Waals surface area contributed by atoms with Crippen molar-refractivity contribution >= 4 is 16.6 Å². The highest BCUT2D eigenvalue weighted by atomic mass is 16.1. The molecule has 0 amide bonds. The van der Waals surface area contributed by atoms with Crippen LogP contribution < -0.4 is 10.5 Å². The Kier molecular flexibility index (Phi) is 4.43. The summed E-state index contributed by atoms with van der Waals surface area (Å²) in [4.78, 5) is 18.7. The summed E-state index contributed by atoms with van der Waals surface area (Å²) in [5.41, 5.74) is 4.58. The molecule has 1 unspecified atom stereocenters. The first-order valence-corrected chi connectivity index (χ1v) is 10.6. The molecule has 0 saturated carbocycles. The number of para-hydroxylation sites is 1. The SMILES string of the molecule is Cc1ccc2[nH]c(=O)c(C(c3nnnn3C(C)(C)C)N3CCc4ccccc43)cc2c1. The second-order valence-electron chi connectivity index (χ2n) is 9.24. The number of nitrogens with zero attached hydrogens (tertiary/aromatic N) is 5. The molecule has 4 aromatic rings. The lowest BCUT2D eigenvalue weighted by atomic mass is 10.0. The second-order valence-corrected chi connectivity index (χ2v) is 9.24. The lowest BCUT2D eigenvalue weighted by molar-refractivity contribution is 0.329. The number of rotatable bonds is 3. The summed E-state index contributed by atoms with van der Waals surface area (Å²) in [6.45, 7) is 9.05. The quantitative estimate of drug-likeness (QED) is 0.553. The first kappa shape index (κ1) is 19.5. The lowest BCUT2D eigenvalue weighted by Gasteiger charge is -2.31. The summed E-state index contributed by atoms with van der Waals surface area (Å²) in [6, 6.07) is 16.0. The van der Waals surface area contributed by atoms with Crippen LogP contribution >= 0.6 is 0 Å². The maximum atomic E-state index is 13.3. The van der Waals surface area contributed by atoms with Crippen LogP contribution in [-0.4, -0.2) is 31.7 Å². The maximum absolute atomic E-state index is 13.3. The molecule has 0 radical (unpaired) electrons. The van der Waals surface area contributed by atoms with Crippen LogP contribution in [0.4, 0.5) is 5.69 Å². The molecule has 158 valence electrons. The summed E-state index contributed by atoms with van der Waals surface area (Å²) < 4.78 is 1.83. The first-order chi connectivity index (χ1) is 14.8. The molecule has 0 fully saturated rings. The van der Waals surface area contributed by atoms with E-state index in [4.69, 9.17) is 0 Å². The molecule has 0 bridgehead atoms. The number of aryl methyl sites for hydroxylation is 1. The van der Waals surface area contributed by atoms with Gasteiger partial charge in [0.15, 0.2) is 5.82 Å². The highest BCUT2D eigenvalue weighted by Gasteiger charge is 2.36. The Hall–Kier alpha value is -3.48. The minimum Gasteiger partial charge on any atom is -0.357 e. The molecule has 3 heterocycles. The maximum Gasteiger partial charge on any atom is 0.254 e. The van der Waals surface area contributed by atoms with Gasteiger partial charge in [0.25, 0.3) is 5.56 Å². The van der Waals surface area contributed by atoms with Crippen LogP contribution in [-0.2, 0) is 12.0 Å². The van der Waals surface area contributed by atoms with Crippen molar-refractivity contribution in [3.63, 3.8) is 0 Å². The van der Waals surface area contributed by atoms with E-state index in [-0.39, 0.29) is 11.1 Å². The van der Waals surface area contributed by atoms with Gasteiger partial charge in [-0.2, -0.15) is 0 Å². The topological polar surface area (TPSA) is 79.7 Å². The van der Waals surface area contributed by atoms with Crippen LogP contribution in [0, 0.1) is 6.92 Å². The van der Waals surface area contributed by atoms with Gasteiger partial charge in [-0.15, -0.1) is 5.10 Å². The van der Waals surface area contributed by atoms with E-state index >= 15 is 0 Å². The zero-order chi connectivity index (χ0) is 21.8. The Balaban J connectivity index is 1.77. The average molecular weight is 415 g/mol. The van der Waals surface area contributed by atoms with Crippen molar-refractivity contribution in [2.75, 3.05) is 11.4 Å². The lowest BCUT2D eigenvalue weighted by Crippen LogP contribution is -2.37. The third-order valence-electron chi connectivity index (χ3n) is 5.93. The predicted molar refractivity (Wildman–Crippen MR) is 121 cm³/mol. The Bertz CT molecular complexity index is 1330. The molecule has 1 aliphatic heterocycles. The van der Waals surface area contributed by atoms with Crippen LogP contribution in [0.3, 0.4) is 0 Å². The summed E-state index contributed by atoms with van der Waals surface area (Å²) in [5.74, 6) is 0.668. The minimum absolute atomic E-state index is 0.116. The van der Waals surface area contributed by atoms with Gasteiger partial charge in [0.2, 0.25) is 0 Å². The molecular formula is C24H26N6O. The van der Waals surface area contributed by atoms with Crippen LogP contribution in [0.1, 0.15) is 49.3 Å². The number of benzene rings is 2. The van der Waals surface area contributed by atoms with Crippen LogP contribution in [0.15, 0.2) is 53.3 Å². The van der Waals surface area contributed by atoms with E-state index in [2.05, 4.69) is 77.4 Å². The van der Waals surface area contributed by atoms with Gasteiger partial charge < -0.3 is 9.88 Å². The standard InChI is InChI=1S/C24H26N6O/c1-15-9-10-19-17(13-15)14-18(23(31)25-19)21(22-26-27-28-30(22)24(2,3)4)29-12-11-16-7-5-6-8-20(16)29/h5-10,13-14,21H,11-12H2,1-4H3,(H,25,31). The summed E-state index contributed by atoms with van der Waals surface area (Å²) in [5, 5.41) is 13.7. The van der Waals surface area contributed by atoms with Crippen molar-refractivity contribution in [1.29, 1.82) is 0 Å². The molecule has 1 aliphatic rings. The highest BCUT2D eigenvalue weighted by molar-refractivity contribution is 5.80. The van der Waals surface area contributed by atoms with Crippen molar-refractivity contribution in [3.05, 3.63) is 81.4 Å². The molecule has 1 atom stereocenters. The normalized spacial score (nSPS) is 14.8. The molecule has 2 aromatic carbocycles. The summed E-state index contributed by atoms with van der Waals surface area (Å²) in [6.07, 6.45) is 0.925. The van der Waals surface area contributed by atoms with Crippen molar-refractivity contribution in [3.8, 4) is 0 Å². The fourth-order valence-electron chi connectivity index (χ4n) is 4.47. The fourth-order valence-corrected chi connectivity index (χ4v) is 4.47. The molecule has 1 N–H and O–H groups in total. The van der Waals surface area contributed by atoms with E-state index in [1.54, 1.807) is 0 Å². The smallest absolute Gasteiger partial charge is 0.254 e. The number of hydrogen-bond acceptors (Lipinski definition) is 5. The van der Waals surface area contributed by atoms with Crippen LogP contribution in [0.2, 0.25) is 0 Å². The number of nitrogens with one attached hydrogen (secondary N) is 1. The van der Waals surface area contributed by atoms with Gasteiger partial charge in [-0.25, -0.2) is 4.68 Å². The molecular weight excluding hydrogens is 388 g/mol. The number of pyridine rings is 1. The average Bonchev–Trinajstić information content (AvgIpc) is 3.37. The molecule has 31 heavy (non-hydrogen) atoms. The predicted octanol–water partition coefficient (Wildman–Crippen LogP) is 3.73. The molecule has 0 saturated heterocycles. The number of H-pyrrole nitrogens is 1. The number of anilines is 1. The minimum atomic E-state index is -0.397. The van der Waals surface area contributed by atoms with E-state index in [1.807, 2.05) is 28.9 Å². The van der Waals surface area contributed by atoms with Gasteiger partial charge in [-0.3, -0.25) is 4.79 Å². The zero-order valence-electron chi connectivity index (χ0n) is 18.3. The zero-order valence-corrected chi connectivity index (χ0v) is 18.3. The molecule has 7 heteroatoms. The fraction of sp³-hybridized carbons (Fsp3) is 0.333. The van der Waals surface area contributed by atoms with Crippen molar-refractivity contribution < 1.29 is 0 Å². The Morgan fingerprint density at radius 2 is 1.90 bits per heavy atom. The third kappa shape index (κ3) is 3.30. The number of aromatic nitrogens is 5. The molecule has 7 nitrogen and oxygen atoms in total. The van der Waals surface area contributed by atoms with Crippen molar-refractivity contribution in [2.24, 2.45) is 0 Å². The van der Waals surface area contributed by atoms with E-state index in [0.717, 1.165) is 35.1 Å². The van der Waals surface area contributed by atoms with Gasteiger partial charge in [0.1, 0.15) is 6.04 Å². The van der Waals surface area contributed by atoms with Gasteiger partial charge >= 0.3 is 0 Å². The van der Waals surface area contributed by atoms with Crippen LogP contribution in [0.5, 0.6) is 0 Å². The van der Waals surface area contributed by atoms with Gasteiger partial charge in [0.05, 0.1) is 5.54 Å². The van der Waals surface area contributed by atoms with Gasteiger partial charge in [-0.05, 0) is 79.8 Å². The van der Waals surface area contributed by atoms with Crippen LogP contribution in [0.25, 0.3) is 10.9 Å². The number of fused-ring (bicyclic) bond motifs is 2. The van der Waals surface area contributed by atoms with Crippen molar-refractivity contribution in [2.45, 2.75) is 45.7 Å². The van der Waals surface area contributed by atoms with E-state index < -0.39 is 6.04 Å². The summed E-state index contributed by atoms with van der Waals surface area (Å²) >= 11 is 0. The summed E-state index contributed by atoms with van der Waals surface area (Å²) in [7, 11) is 0. The Labute approximate surface area is 180 Å². The number of aromatic amines is 1. The molecule has 0 spiro atoms. The van der Waals surface area contributed by atoms with E-state index in [0.29, 0.717) is 11.4 Å². The largest absolute Gasteiger partial charge is 0.357 e. The monoisotopic (exact) mass is 414 g/mol. The molecule has 5 rings (SSSR count). The number of tetrazole rings is 1. The molecule has 0 aliphatic carbocycles. The Morgan fingerprint density at radius 3 is 2.71 bits per heavy atom. The Morgan fingerprint density at radius 1 is 1.10 bits per heavy atom. The second kappa shape index (κ2) is 7.04. The third-order valence-corrected chi connectivity index (χ3v) is 5.93.